The largest absolute Gasteiger partial charge is 0.491 e. The summed E-state index contributed by atoms with van der Waals surface area (Å²) in [4.78, 5) is 29.5. The summed E-state index contributed by atoms with van der Waals surface area (Å²) in [5.41, 5.74) is -0.393. The molecule has 0 unspecified atom stereocenters. The van der Waals surface area contributed by atoms with Crippen molar-refractivity contribution in [2.75, 3.05) is 18.5 Å². The van der Waals surface area contributed by atoms with Crippen LogP contribution in [0.2, 0.25) is 5.02 Å². The highest BCUT2D eigenvalue weighted by atomic mass is 35.5. The third-order valence-corrected chi connectivity index (χ3v) is 5.06. The molecule has 2 N–H and O–H groups in total. The van der Waals surface area contributed by atoms with Crippen LogP contribution in [-0.2, 0) is 20.6 Å². The van der Waals surface area contributed by atoms with E-state index in [2.05, 4.69) is 17.2 Å². The molecule has 0 saturated carbocycles. The van der Waals surface area contributed by atoms with Crippen LogP contribution >= 0.6 is 11.6 Å². The first-order valence-electron chi connectivity index (χ1n) is 9.80. The molecule has 9 nitrogen and oxygen atoms in total. The van der Waals surface area contributed by atoms with Crippen molar-refractivity contribution in [2.24, 2.45) is 14.1 Å². The zero-order valence-electron chi connectivity index (χ0n) is 17.3. The van der Waals surface area contributed by atoms with Gasteiger partial charge in [-0.2, -0.15) is 4.98 Å². The fourth-order valence-electron chi connectivity index (χ4n) is 3.12. The molecule has 0 amide bonds. The molecule has 2 heterocycles. The van der Waals surface area contributed by atoms with Crippen molar-refractivity contribution in [3.05, 3.63) is 50.1 Å². The summed E-state index contributed by atoms with van der Waals surface area (Å²) in [5, 5.41) is 14.4. The number of hydrogen-bond acceptors (Lipinski definition) is 6. The first-order chi connectivity index (χ1) is 14.3. The second-order valence-corrected chi connectivity index (χ2v) is 7.56. The smallest absolute Gasteiger partial charge is 0.332 e. The Balaban J connectivity index is 1.91. The number of anilines is 1. The van der Waals surface area contributed by atoms with Crippen LogP contribution in [0, 0.1) is 0 Å². The summed E-state index contributed by atoms with van der Waals surface area (Å²) in [7, 11) is 2.99. The van der Waals surface area contributed by atoms with Crippen LogP contribution < -0.4 is 21.3 Å². The number of halogens is 1. The summed E-state index contributed by atoms with van der Waals surface area (Å²) in [6.45, 7) is 2.82. The average molecular weight is 436 g/mol. The Morgan fingerprint density at radius 3 is 2.57 bits per heavy atom. The van der Waals surface area contributed by atoms with Crippen molar-refractivity contribution >= 4 is 28.7 Å². The molecule has 1 aromatic carbocycles. The van der Waals surface area contributed by atoms with Crippen molar-refractivity contribution in [1.29, 1.82) is 0 Å². The predicted molar refractivity (Wildman–Crippen MR) is 117 cm³/mol. The Labute approximate surface area is 178 Å². The number of aliphatic hydroxyl groups is 1. The van der Waals surface area contributed by atoms with Gasteiger partial charge in [-0.15, -0.1) is 0 Å². The Bertz CT molecular complexity index is 1130. The van der Waals surface area contributed by atoms with Gasteiger partial charge in [0.15, 0.2) is 11.2 Å². The van der Waals surface area contributed by atoms with Crippen LogP contribution in [0.4, 0.5) is 5.95 Å². The van der Waals surface area contributed by atoms with Gasteiger partial charge in [0.2, 0.25) is 5.95 Å². The molecule has 162 valence electrons. The molecule has 1 atom stereocenters. The minimum Gasteiger partial charge on any atom is -0.491 e. The molecular weight excluding hydrogens is 410 g/mol. The molecule has 0 fully saturated rings. The number of aromatic nitrogens is 4. The van der Waals surface area contributed by atoms with Gasteiger partial charge in [0.05, 0.1) is 6.54 Å². The standard InChI is InChI=1S/C20H26ClN5O4/c1-4-5-10-22-19-23-17-16(18(28)25(3)20(29)24(17)2)26(19)11-14(27)12-30-15-8-6-13(21)7-9-15/h6-9,14,27H,4-5,10-12H2,1-3H3,(H,22,23)/t14-/m1/s1. The van der Waals surface area contributed by atoms with Crippen LogP contribution in [0.5, 0.6) is 5.75 Å². The van der Waals surface area contributed by atoms with E-state index in [4.69, 9.17) is 16.3 Å². The van der Waals surface area contributed by atoms with E-state index in [9.17, 15) is 14.7 Å². The zero-order chi connectivity index (χ0) is 21.8. The molecule has 2 aromatic heterocycles. The van der Waals surface area contributed by atoms with E-state index < -0.39 is 17.4 Å². The number of fused-ring (bicyclic) bond motifs is 1. The van der Waals surface area contributed by atoms with E-state index in [1.807, 2.05) is 0 Å². The van der Waals surface area contributed by atoms with Crippen LogP contribution in [0.15, 0.2) is 33.9 Å². The van der Waals surface area contributed by atoms with Gasteiger partial charge in [-0.25, -0.2) is 4.79 Å². The minimum atomic E-state index is -0.910. The fourth-order valence-corrected chi connectivity index (χ4v) is 3.25. The molecule has 0 aliphatic rings. The summed E-state index contributed by atoms with van der Waals surface area (Å²) in [5.74, 6) is 1.01. The maximum Gasteiger partial charge on any atom is 0.332 e. The van der Waals surface area contributed by atoms with Crippen LogP contribution in [0.25, 0.3) is 11.2 Å². The Morgan fingerprint density at radius 2 is 1.90 bits per heavy atom. The van der Waals surface area contributed by atoms with Crippen molar-refractivity contribution in [2.45, 2.75) is 32.4 Å². The summed E-state index contributed by atoms with van der Waals surface area (Å²) < 4.78 is 9.59. The van der Waals surface area contributed by atoms with Crippen LogP contribution in [0.3, 0.4) is 0 Å². The maximum atomic E-state index is 12.8. The average Bonchev–Trinajstić information content (AvgIpc) is 3.08. The maximum absolute atomic E-state index is 12.8. The molecule has 0 radical (unpaired) electrons. The van der Waals surface area contributed by atoms with E-state index in [-0.39, 0.29) is 24.3 Å². The minimum absolute atomic E-state index is 0.0157. The molecule has 0 aliphatic carbocycles. The SMILES string of the molecule is CCCCNc1nc2c(c(=O)n(C)c(=O)n2C)n1C[C@@H](O)COc1ccc(Cl)cc1. The van der Waals surface area contributed by atoms with E-state index >= 15 is 0 Å². The Hall–Kier alpha value is -2.78. The van der Waals surface area contributed by atoms with Crippen molar-refractivity contribution in [1.82, 2.24) is 18.7 Å². The van der Waals surface area contributed by atoms with Gasteiger partial charge in [0, 0.05) is 25.7 Å². The topological polar surface area (TPSA) is 103 Å². The lowest BCUT2D eigenvalue weighted by atomic mass is 10.3. The number of ether oxygens (including phenoxy) is 1. The number of nitrogens with one attached hydrogen (secondary N) is 1. The molecular formula is C20H26ClN5O4. The third-order valence-electron chi connectivity index (χ3n) is 4.81. The lowest BCUT2D eigenvalue weighted by Crippen LogP contribution is -2.38. The highest BCUT2D eigenvalue weighted by molar-refractivity contribution is 6.30. The molecule has 3 aromatic rings. The molecule has 3 rings (SSSR count). The second kappa shape index (κ2) is 9.36. The molecule has 0 aliphatic heterocycles. The number of nitrogens with zero attached hydrogens (tertiary/aromatic N) is 4. The lowest BCUT2D eigenvalue weighted by molar-refractivity contribution is 0.0938. The third kappa shape index (κ3) is 4.52. The highest BCUT2D eigenvalue weighted by Gasteiger charge is 2.21. The summed E-state index contributed by atoms with van der Waals surface area (Å²) >= 11 is 5.87. The van der Waals surface area contributed by atoms with Gasteiger partial charge in [0.1, 0.15) is 18.5 Å². The fraction of sp³-hybridized carbons (Fsp3) is 0.450. The van der Waals surface area contributed by atoms with E-state index in [1.54, 1.807) is 35.9 Å². The number of benzene rings is 1. The summed E-state index contributed by atoms with van der Waals surface area (Å²) in [6.07, 6.45) is 1.000. The first kappa shape index (κ1) is 21.9. The van der Waals surface area contributed by atoms with Gasteiger partial charge in [0.25, 0.3) is 5.56 Å². The molecule has 0 saturated heterocycles. The number of aliphatic hydroxyl groups excluding tert-OH is 1. The van der Waals surface area contributed by atoms with Crippen molar-refractivity contribution < 1.29 is 9.84 Å². The predicted octanol–water partition coefficient (Wildman–Crippen LogP) is 1.74. The Kier molecular flexibility index (Phi) is 6.84. The van der Waals surface area contributed by atoms with Gasteiger partial charge >= 0.3 is 5.69 Å². The number of rotatable bonds is 9. The zero-order valence-corrected chi connectivity index (χ0v) is 18.0. The quantitative estimate of drug-likeness (QED) is 0.496. The normalized spacial score (nSPS) is 12.3. The van der Waals surface area contributed by atoms with Crippen molar-refractivity contribution in [3.63, 3.8) is 0 Å². The highest BCUT2D eigenvalue weighted by Crippen LogP contribution is 2.18. The van der Waals surface area contributed by atoms with Crippen molar-refractivity contribution in [3.8, 4) is 5.75 Å². The monoisotopic (exact) mass is 435 g/mol. The molecule has 0 spiro atoms. The van der Waals surface area contributed by atoms with Gasteiger partial charge in [-0.1, -0.05) is 24.9 Å². The van der Waals surface area contributed by atoms with Gasteiger partial charge < -0.3 is 19.7 Å². The first-order valence-corrected chi connectivity index (χ1v) is 10.2. The number of unbranched alkanes of at least 4 members (excludes halogenated alkanes) is 1. The summed E-state index contributed by atoms with van der Waals surface area (Å²) in [6, 6.07) is 6.83. The molecule has 30 heavy (non-hydrogen) atoms. The number of aryl methyl sites for hydroxylation is 1. The van der Waals surface area contributed by atoms with Gasteiger partial charge in [-0.05, 0) is 30.7 Å². The molecule has 10 heteroatoms. The number of hydrogen-bond donors (Lipinski definition) is 2. The van der Waals surface area contributed by atoms with Crippen LogP contribution in [0.1, 0.15) is 19.8 Å². The second-order valence-electron chi connectivity index (χ2n) is 7.12. The van der Waals surface area contributed by atoms with Crippen LogP contribution in [-0.4, -0.2) is 43.0 Å². The van der Waals surface area contributed by atoms with E-state index in [0.29, 0.717) is 23.3 Å². The number of imidazole rings is 1. The molecule has 0 bridgehead atoms. The Morgan fingerprint density at radius 1 is 1.20 bits per heavy atom. The lowest BCUT2D eigenvalue weighted by Gasteiger charge is -2.16. The van der Waals surface area contributed by atoms with E-state index in [0.717, 1.165) is 17.4 Å². The van der Waals surface area contributed by atoms with E-state index in [1.165, 1.54) is 11.6 Å². The van der Waals surface area contributed by atoms with Gasteiger partial charge in [-0.3, -0.25) is 13.9 Å².